The number of hydrogen-bond acceptors (Lipinski definition) is 4. The molecule has 0 aliphatic carbocycles. The second-order valence-electron chi connectivity index (χ2n) is 5.30. The molecular formula is C17H21N3O. The Morgan fingerprint density at radius 3 is 2.76 bits per heavy atom. The molecule has 110 valence electrons. The summed E-state index contributed by atoms with van der Waals surface area (Å²) in [5.74, 6) is 0.900. The van der Waals surface area contributed by atoms with Crippen LogP contribution in [0.5, 0.6) is 5.75 Å². The third-order valence-corrected chi connectivity index (χ3v) is 3.74. The number of ether oxygens (including phenoxy) is 1. The van der Waals surface area contributed by atoms with Gasteiger partial charge in [-0.05, 0) is 42.8 Å². The van der Waals surface area contributed by atoms with Crippen LogP contribution in [0.2, 0.25) is 0 Å². The molecule has 0 spiro atoms. The number of anilines is 1. The van der Waals surface area contributed by atoms with E-state index in [1.165, 1.54) is 11.3 Å². The first kappa shape index (κ1) is 13.9. The number of rotatable bonds is 4. The quantitative estimate of drug-likeness (QED) is 0.935. The Kier molecular flexibility index (Phi) is 4.36. The van der Waals surface area contributed by atoms with Crippen LogP contribution in [-0.2, 0) is 6.61 Å². The fraction of sp³-hybridized carbons (Fsp3) is 0.353. The zero-order valence-electron chi connectivity index (χ0n) is 12.4. The summed E-state index contributed by atoms with van der Waals surface area (Å²) in [6, 6.07) is 12.2. The highest BCUT2D eigenvalue weighted by Gasteiger charge is 2.12. The van der Waals surface area contributed by atoms with Crippen molar-refractivity contribution in [2.75, 3.05) is 31.1 Å². The molecule has 0 unspecified atom stereocenters. The smallest absolute Gasteiger partial charge is 0.130 e. The Hall–Kier alpha value is -2.07. The molecule has 1 fully saturated rings. The van der Waals surface area contributed by atoms with Crippen LogP contribution in [0.1, 0.15) is 11.3 Å². The van der Waals surface area contributed by atoms with E-state index in [-0.39, 0.29) is 0 Å². The van der Waals surface area contributed by atoms with Gasteiger partial charge in [-0.2, -0.15) is 0 Å². The third-order valence-electron chi connectivity index (χ3n) is 3.74. The molecule has 1 aromatic heterocycles. The van der Waals surface area contributed by atoms with Crippen molar-refractivity contribution in [3.63, 3.8) is 0 Å². The largest absolute Gasteiger partial charge is 0.487 e. The number of aryl methyl sites for hydroxylation is 1. The van der Waals surface area contributed by atoms with Gasteiger partial charge in [0, 0.05) is 38.1 Å². The van der Waals surface area contributed by atoms with E-state index in [0.717, 1.165) is 37.6 Å². The summed E-state index contributed by atoms with van der Waals surface area (Å²) >= 11 is 0. The van der Waals surface area contributed by atoms with Gasteiger partial charge in [0.05, 0.1) is 5.69 Å². The van der Waals surface area contributed by atoms with Crippen molar-refractivity contribution in [2.45, 2.75) is 13.5 Å². The number of hydrogen-bond donors (Lipinski definition) is 1. The lowest BCUT2D eigenvalue weighted by molar-refractivity contribution is 0.301. The van der Waals surface area contributed by atoms with Crippen LogP contribution in [0.3, 0.4) is 0 Å². The van der Waals surface area contributed by atoms with Gasteiger partial charge in [0.15, 0.2) is 0 Å². The van der Waals surface area contributed by atoms with Crippen molar-refractivity contribution in [3.05, 3.63) is 53.9 Å². The van der Waals surface area contributed by atoms with Crippen molar-refractivity contribution in [1.29, 1.82) is 0 Å². The van der Waals surface area contributed by atoms with Gasteiger partial charge in [-0.15, -0.1) is 0 Å². The lowest BCUT2D eigenvalue weighted by Gasteiger charge is -2.30. The van der Waals surface area contributed by atoms with Crippen LogP contribution in [0.25, 0.3) is 0 Å². The van der Waals surface area contributed by atoms with Gasteiger partial charge in [-0.25, -0.2) is 0 Å². The normalized spacial score (nSPS) is 15.0. The highest BCUT2D eigenvalue weighted by Crippen LogP contribution is 2.25. The monoisotopic (exact) mass is 283 g/mol. The average Bonchev–Trinajstić information content (AvgIpc) is 2.55. The molecule has 0 saturated carbocycles. The summed E-state index contributed by atoms with van der Waals surface area (Å²) in [5.41, 5.74) is 3.51. The highest BCUT2D eigenvalue weighted by molar-refractivity contribution is 5.56. The van der Waals surface area contributed by atoms with Gasteiger partial charge in [-0.1, -0.05) is 6.07 Å². The first-order chi connectivity index (χ1) is 10.3. The molecule has 1 N–H and O–H groups in total. The third kappa shape index (κ3) is 3.52. The Morgan fingerprint density at radius 2 is 2.05 bits per heavy atom. The summed E-state index contributed by atoms with van der Waals surface area (Å²) in [6.07, 6.45) is 1.79. The topological polar surface area (TPSA) is 37.4 Å². The number of aromatic nitrogens is 1. The van der Waals surface area contributed by atoms with Crippen LogP contribution >= 0.6 is 0 Å². The van der Waals surface area contributed by atoms with E-state index in [0.29, 0.717) is 6.61 Å². The molecule has 1 aromatic carbocycles. The van der Waals surface area contributed by atoms with E-state index < -0.39 is 0 Å². The molecule has 4 heteroatoms. The van der Waals surface area contributed by atoms with Gasteiger partial charge < -0.3 is 15.0 Å². The first-order valence-electron chi connectivity index (χ1n) is 7.42. The fourth-order valence-electron chi connectivity index (χ4n) is 2.62. The number of nitrogens with zero attached hydrogens (tertiary/aromatic N) is 2. The van der Waals surface area contributed by atoms with Crippen molar-refractivity contribution >= 4 is 5.69 Å². The van der Waals surface area contributed by atoms with E-state index in [2.05, 4.69) is 34.3 Å². The predicted octanol–water partition coefficient (Wildman–Crippen LogP) is 2.38. The van der Waals surface area contributed by atoms with Gasteiger partial charge in [0.1, 0.15) is 12.4 Å². The average molecular weight is 283 g/mol. The molecule has 4 nitrogen and oxygen atoms in total. The summed E-state index contributed by atoms with van der Waals surface area (Å²) in [5, 5.41) is 3.38. The summed E-state index contributed by atoms with van der Waals surface area (Å²) in [6.45, 7) is 6.89. The zero-order valence-corrected chi connectivity index (χ0v) is 12.4. The minimum Gasteiger partial charge on any atom is -0.487 e. The molecule has 0 amide bonds. The van der Waals surface area contributed by atoms with Gasteiger partial charge in [0.25, 0.3) is 0 Å². The molecule has 1 aliphatic heterocycles. The maximum atomic E-state index is 5.82. The van der Waals surface area contributed by atoms with Crippen LogP contribution in [0, 0.1) is 6.92 Å². The first-order valence-corrected chi connectivity index (χ1v) is 7.42. The van der Waals surface area contributed by atoms with Crippen molar-refractivity contribution in [2.24, 2.45) is 0 Å². The molecule has 0 radical (unpaired) electrons. The number of benzene rings is 1. The Bertz CT molecular complexity index is 580. The number of pyridine rings is 1. The molecule has 1 saturated heterocycles. The summed E-state index contributed by atoms with van der Waals surface area (Å²) in [7, 11) is 0. The number of nitrogens with one attached hydrogen (secondary N) is 1. The second kappa shape index (κ2) is 6.59. The molecule has 21 heavy (non-hydrogen) atoms. The van der Waals surface area contributed by atoms with Gasteiger partial charge >= 0.3 is 0 Å². The Balaban J connectivity index is 1.66. The maximum absolute atomic E-state index is 5.82. The maximum Gasteiger partial charge on any atom is 0.130 e. The Morgan fingerprint density at radius 1 is 1.19 bits per heavy atom. The fourth-order valence-corrected chi connectivity index (χ4v) is 2.62. The molecule has 1 aliphatic rings. The van der Waals surface area contributed by atoms with Crippen molar-refractivity contribution in [3.8, 4) is 5.75 Å². The minimum absolute atomic E-state index is 0.507. The molecule has 3 rings (SSSR count). The van der Waals surface area contributed by atoms with E-state index in [9.17, 15) is 0 Å². The molecule has 2 aromatic rings. The van der Waals surface area contributed by atoms with E-state index >= 15 is 0 Å². The predicted molar refractivity (Wildman–Crippen MR) is 84.8 cm³/mol. The molecule has 0 atom stereocenters. The SMILES string of the molecule is Cc1cc(OCc2ccccn2)ccc1N1CCNCC1. The van der Waals surface area contributed by atoms with Crippen LogP contribution in [-0.4, -0.2) is 31.2 Å². The summed E-state index contributed by atoms with van der Waals surface area (Å²) < 4.78 is 5.82. The highest BCUT2D eigenvalue weighted by atomic mass is 16.5. The van der Waals surface area contributed by atoms with E-state index in [4.69, 9.17) is 4.74 Å². The second-order valence-corrected chi connectivity index (χ2v) is 5.30. The van der Waals surface area contributed by atoms with Crippen LogP contribution in [0.15, 0.2) is 42.6 Å². The Labute approximate surface area is 125 Å². The molecular weight excluding hydrogens is 262 g/mol. The van der Waals surface area contributed by atoms with Gasteiger partial charge in [-0.3, -0.25) is 4.98 Å². The summed E-state index contributed by atoms with van der Waals surface area (Å²) in [4.78, 5) is 6.69. The van der Waals surface area contributed by atoms with Crippen molar-refractivity contribution in [1.82, 2.24) is 10.3 Å². The minimum atomic E-state index is 0.507. The van der Waals surface area contributed by atoms with E-state index in [1.807, 2.05) is 24.3 Å². The zero-order chi connectivity index (χ0) is 14.5. The van der Waals surface area contributed by atoms with Crippen molar-refractivity contribution < 1.29 is 4.74 Å². The lowest BCUT2D eigenvalue weighted by atomic mass is 10.1. The molecule has 0 bridgehead atoms. The van der Waals surface area contributed by atoms with E-state index in [1.54, 1.807) is 6.20 Å². The van der Waals surface area contributed by atoms with Crippen LogP contribution < -0.4 is 15.0 Å². The molecule has 2 heterocycles. The standard InChI is InChI=1S/C17H21N3O/c1-14-12-16(21-13-15-4-2-3-7-19-15)5-6-17(14)20-10-8-18-9-11-20/h2-7,12,18H,8-11,13H2,1H3. The van der Waals surface area contributed by atoms with Crippen LogP contribution in [0.4, 0.5) is 5.69 Å². The van der Waals surface area contributed by atoms with Gasteiger partial charge in [0.2, 0.25) is 0 Å². The lowest BCUT2D eigenvalue weighted by Crippen LogP contribution is -2.43. The number of piperazine rings is 1.